The van der Waals surface area contributed by atoms with Gasteiger partial charge in [0, 0.05) is 0 Å². The lowest BCUT2D eigenvalue weighted by Gasteiger charge is -2.12. The summed E-state index contributed by atoms with van der Waals surface area (Å²) in [5, 5.41) is 19.1. The number of phenols is 1. The van der Waals surface area contributed by atoms with Crippen LogP contribution in [0.2, 0.25) is 0 Å². The quantitative estimate of drug-likeness (QED) is 0.410. The first-order valence-corrected chi connectivity index (χ1v) is 10.1. The Kier molecular flexibility index (Phi) is 11.6. The van der Waals surface area contributed by atoms with Crippen molar-refractivity contribution in [2.45, 2.75) is 53.4 Å². The van der Waals surface area contributed by atoms with E-state index in [4.69, 9.17) is 14.6 Å². The van der Waals surface area contributed by atoms with E-state index < -0.39 is 0 Å². The fourth-order valence-corrected chi connectivity index (χ4v) is 2.80. The van der Waals surface area contributed by atoms with Gasteiger partial charge >= 0.3 is 0 Å². The number of hydrogen-bond donors (Lipinski definition) is 2. The van der Waals surface area contributed by atoms with E-state index in [2.05, 4.69) is 39.8 Å². The second-order valence-electron chi connectivity index (χ2n) is 7.43. The Morgan fingerprint density at radius 3 is 2.24 bits per heavy atom. The molecule has 0 aliphatic heterocycles. The SMILES string of the molecule is COc1cc(C=CCO)cc(O)c1OCC=C(C)CCC=C(C)CCC=C(C)C. The van der Waals surface area contributed by atoms with Crippen LogP contribution >= 0.6 is 0 Å². The normalized spacial score (nSPS) is 12.3. The molecule has 0 heterocycles. The van der Waals surface area contributed by atoms with Crippen LogP contribution in [0, 0.1) is 0 Å². The summed E-state index contributed by atoms with van der Waals surface area (Å²) in [6.45, 7) is 8.85. The first kappa shape index (κ1) is 24.6. The number of rotatable bonds is 12. The fraction of sp³-hybridized carbons (Fsp3) is 0.440. The molecule has 160 valence electrons. The Morgan fingerprint density at radius 1 is 0.966 bits per heavy atom. The zero-order valence-corrected chi connectivity index (χ0v) is 18.5. The molecule has 0 aliphatic rings. The molecular formula is C25H36O4. The van der Waals surface area contributed by atoms with Crippen LogP contribution in [-0.2, 0) is 0 Å². The number of aliphatic hydroxyl groups excluding tert-OH is 1. The van der Waals surface area contributed by atoms with E-state index in [1.54, 1.807) is 24.3 Å². The minimum atomic E-state index is -0.0599. The van der Waals surface area contributed by atoms with Crippen molar-refractivity contribution in [1.82, 2.24) is 0 Å². The molecule has 0 radical (unpaired) electrons. The average molecular weight is 401 g/mol. The largest absolute Gasteiger partial charge is 0.504 e. The lowest BCUT2D eigenvalue weighted by molar-refractivity contribution is 0.306. The molecule has 0 saturated heterocycles. The lowest BCUT2D eigenvalue weighted by atomic mass is 10.1. The van der Waals surface area contributed by atoms with Gasteiger partial charge in [0.15, 0.2) is 11.5 Å². The molecule has 0 aliphatic carbocycles. The van der Waals surface area contributed by atoms with Gasteiger partial charge in [-0.3, -0.25) is 0 Å². The van der Waals surface area contributed by atoms with E-state index in [0.717, 1.165) is 31.2 Å². The third kappa shape index (κ3) is 10.0. The molecular weight excluding hydrogens is 364 g/mol. The van der Waals surface area contributed by atoms with Crippen molar-refractivity contribution >= 4 is 6.08 Å². The van der Waals surface area contributed by atoms with Gasteiger partial charge in [0.1, 0.15) is 6.61 Å². The number of aromatic hydroxyl groups is 1. The monoisotopic (exact) mass is 400 g/mol. The molecule has 0 atom stereocenters. The average Bonchev–Trinajstić information content (AvgIpc) is 2.67. The second-order valence-corrected chi connectivity index (χ2v) is 7.43. The number of phenolic OH excluding ortho intramolecular Hbond substituents is 1. The molecule has 0 aromatic heterocycles. The van der Waals surface area contributed by atoms with Gasteiger partial charge in [0.05, 0.1) is 13.7 Å². The van der Waals surface area contributed by atoms with E-state index in [0.29, 0.717) is 18.1 Å². The third-order valence-electron chi connectivity index (χ3n) is 4.48. The predicted molar refractivity (Wildman–Crippen MR) is 122 cm³/mol. The zero-order valence-electron chi connectivity index (χ0n) is 18.5. The molecule has 0 saturated carbocycles. The maximum Gasteiger partial charge on any atom is 0.203 e. The number of aliphatic hydroxyl groups is 1. The van der Waals surface area contributed by atoms with Gasteiger partial charge in [-0.25, -0.2) is 0 Å². The van der Waals surface area contributed by atoms with Crippen LogP contribution in [0.15, 0.2) is 53.2 Å². The van der Waals surface area contributed by atoms with Crippen LogP contribution in [0.3, 0.4) is 0 Å². The van der Waals surface area contributed by atoms with Crippen molar-refractivity contribution in [3.8, 4) is 17.2 Å². The van der Waals surface area contributed by atoms with E-state index in [-0.39, 0.29) is 12.4 Å². The van der Waals surface area contributed by atoms with E-state index >= 15 is 0 Å². The topological polar surface area (TPSA) is 58.9 Å². The van der Waals surface area contributed by atoms with Crippen LogP contribution in [0.25, 0.3) is 6.08 Å². The highest BCUT2D eigenvalue weighted by molar-refractivity contribution is 5.61. The summed E-state index contributed by atoms with van der Waals surface area (Å²) in [5.74, 6) is 0.805. The smallest absolute Gasteiger partial charge is 0.203 e. The van der Waals surface area contributed by atoms with E-state index in [1.165, 1.54) is 23.8 Å². The van der Waals surface area contributed by atoms with Crippen molar-refractivity contribution in [2.75, 3.05) is 20.3 Å². The molecule has 1 aromatic rings. The Labute approximate surface area is 175 Å². The second kappa shape index (κ2) is 13.7. The highest BCUT2D eigenvalue weighted by atomic mass is 16.5. The Morgan fingerprint density at radius 2 is 1.62 bits per heavy atom. The molecule has 0 fully saturated rings. The molecule has 0 spiro atoms. The Hall–Kier alpha value is -2.46. The predicted octanol–water partition coefficient (Wildman–Crippen LogP) is 6.20. The van der Waals surface area contributed by atoms with Crippen molar-refractivity contribution in [2.24, 2.45) is 0 Å². The number of methoxy groups -OCH3 is 1. The molecule has 0 bridgehead atoms. The summed E-state index contributed by atoms with van der Waals surface area (Å²) in [7, 11) is 1.54. The van der Waals surface area contributed by atoms with Gasteiger partial charge in [-0.2, -0.15) is 0 Å². The van der Waals surface area contributed by atoms with Crippen LogP contribution in [0.1, 0.15) is 58.9 Å². The molecule has 0 amide bonds. The summed E-state index contributed by atoms with van der Waals surface area (Å²) in [6.07, 6.45) is 14.1. The molecule has 4 heteroatoms. The first-order chi connectivity index (χ1) is 13.9. The summed E-state index contributed by atoms with van der Waals surface area (Å²) < 4.78 is 11.1. The molecule has 29 heavy (non-hydrogen) atoms. The molecule has 0 unspecified atom stereocenters. The maximum atomic E-state index is 10.2. The summed E-state index contributed by atoms with van der Waals surface area (Å²) in [5.41, 5.74) is 4.78. The number of benzene rings is 1. The third-order valence-corrected chi connectivity index (χ3v) is 4.48. The standard InChI is InChI=1S/C25H36O4/c1-19(2)9-6-10-20(3)11-7-12-21(4)14-16-29-25-23(27)17-22(13-8-15-26)18-24(25)28-5/h8-9,11,13-14,17-18,26-27H,6-7,10,12,15-16H2,1-5H3. The molecule has 1 rings (SSSR count). The van der Waals surface area contributed by atoms with Crippen molar-refractivity contribution in [3.05, 3.63) is 58.7 Å². The maximum absolute atomic E-state index is 10.2. The summed E-state index contributed by atoms with van der Waals surface area (Å²) in [6, 6.07) is 3.35. The van der Waals surface area contributed by atoms with Gasteiger partial charge in [0.2, 0.25) is 5.75 Å². The molecule has 2 N–H and O–H groups in total. The molecule has 1 aromatic carbocycles. The Bertz CT molecular complexity index is 750. The van der Waals surface area contributed by atoms with Gasteiger partial charge in [-0.1, -0.05) is 41.0 Å². The van der Waals surface area contributed by atoms with Crippen molar-refractivity contribution < 1.29 is 19.7 Å². The zero-order chi connectivity index (χ0) is 21.6. The van der Waals surface area contributed by atoms with Crippen molar-refractivity contribution in [3.63, 3.8) is 0 Å². The number of hydrogen-bond acceptors (Lipinski definition) is 4. The van der Waals surface area contributed by atoms with Crippen LogP contribution < -0.4 is 9.47 Å². The van der Waals surface area contributed by atoms with Crippen LogP contribution in [0.4, 0.5) is 0 Å². The minimum Gasteiger partial charge on any atom is -0.504 e. The summed E-state index contributed by atoms with van der Waals surface area (Å²) >= 11 is 0. The number of ether oxygens (including phenoxy) is 2. The van der Waals surface area contributed by atoms with Gasteiger partial charge in [-0.05, 0) is 77.2 Å². The highest BCUT2D eigenvalue weighted by Crippen LogP contribution is 2.38. The van der Waals surface area contributed by atoms with Gasteiger partial charge in [0.25, 0.3) is 0 Å². The summed E-state index contributed by atoms with van der Waals surface area (Å²) in [4.78, 5) is 0. The highest BCUT2D eigenvalue weighted by Gasteiger charge is 2.11. The molecule has 4 nitrogen and oxygen atoms in total. The minimum absolute atomic E-state index is 0.0166. The van der Waals surface area contributed by atoms with Gasteiger partial charge in [-0.15, -0.1) is 0 Å². The van der Waals surface area contributed by atoms with Crippen LogP contribution in [0.5, 0.6) is 17.2 Å². The van der Waals surface area contributed by atoms with E-state index in [1.807, 2.05) is 6.08 Å². The number of allylic oxidation sites excluding steroid dienone is 5. The van der Waals surface area contributed by atoms with E-state index in [9.17, 15) is 5.11 Å². The van der Waals surface area contributed by atoms with Crippen LogP contribution in [-0.4, -0.2) is 30.5 Å². The lowest BCUT2D eigenvalue weighted by Crippen LogP contribution is -1.98. The van der Waals surface area contributed by atoms with Crippen molar-refractivity contribution in [1.29, 1.82) is 0 Å². The Balaban J connectivity index is 2.57. The van der Waals surface area contributed by atoms with Gasteiger partial charge < -0.3 is 19.7 Å². The first-order valence-electron chi connectivity index (χ1n) is 10.1. The fourth-order valence-electron chi connectivity index (χ4n) is 2.80.